The lowest BCUT2D eigenvalue weighted by Gasteiger charge is -2.47. The van der Waals surface area contributed by atoms with Crippen LogP contribution >= 0.6 is 0 Å². The molecule has 0 spiro atoms. The summed E-state index contributed by atoms with van der Waals surface area (Å²) >= 11 is 0. The molecule has 0 aromatic rings. The molecule has 0 aromatic heterocycles. The van der Waals surface area contributed by atoms with Crippen LogP contribution in [0, 0.1) is 10.8 Å². The minimum absolute atomic E-state index is 0.0774. The predicted molar refractivity (Wildman–Crippen MR) is 88.5 cm³/mol. The van der Waals surface area contributed by atoms with E-state index in [1.165, 1.54) is 6.92 Å². The molecule has 0 N–H and O–H groups in total. The zero-order valence-corrected chi connectivity index (χ0v) is 15.7. The molecule has 1 atom stereocenters. The Morgan fingerprint density at radius 1 is 0.955 bits per heavy atom. The van der Waals surface area contributed by atoms with Crippen LogP contribution in [0.3, 0.4) is 0 Å². The second-order valence-corrected chi connectivity index (χ2v) is 7.73. The minimum Gasteiger partial charge on any atom is -0.465 e. The van der Waals surface area contributed by atoms with E-state index in [0.717, 1.165) is 19.3 Å². The van der Waals surface area contributed by atoms with E-state index in [9.17, 15) is 9.59 Å². The smallest absolute Gasteiger partial charge is 0.309 e. The van der Waals surface area contributed by atoms with Gasteiger partial charge in [-0.15, -0.1) is 0 Å². The summed E-state index contributed by atoms with van der Waals surface area (Å²) in [4.78, 5) is 22.9. The van der Waals surface area contributed by atoms with Crippen molar-refractivity contribution in [1.29, 1.82) is 0 Å². The number of ether oxygens (including phenoxy) is 2. The summed E-state index contributed by atoms with van der Waals surface area (Å²) in [7, 11) is 0. The van der Waals surface area contributed by atoms with Crippen molar-refractivity contribution in [1.82, 2.24) is 0 Å². The molecule has 0 heterocycles. The Morgan fingerprint density at radius 3 is 1.91 bits per heavy atom. The van der Waals surface area contributed by atoms with Gasteiger partial charge in [0.15, 0.2) is 0 Å². The normalized spacial score (nSPS) is 15.1. The molecule has 0 radical (unpaired) electrons. The maximum Gasteiger partial charge on any atom is 0.309 e. The first-order valence-electron chi connectivity index (χ1n) is 8.24. The summed E-state index contributed by atoms with van der Waals surface area (Å²) in [5, 5.41) is 0. The maximum absolute atomic E-state index is 12.2. The van der Waals surface area contributed by atoms with Crippen LogP contribution in [0.1, 0.15) is 81.1 Å². The maximum atomic E-state index is 12.2. The molecule has 0 bridgehead atoms. The zero-order valence-electron chi connectivity index (χ0n) is 15.7. The van der Waals surface area contributed by atoms with Crippen molar-refractivity contribution in [3.8, 4) is 0 Å². The Hall–Kier alpha value is -1.06. The summed E-state index contributed by atoms with van der Waals surface area (Å²) in [6.07, 6.45) is 2.84. The largest absolute Gasteiger partial charge is 0.465 e. The number of hydrogen-bond donors (Lipinski definition) is 0. The summed E-state index contributed by atoms with van der Waals surface area (Å²) in [5.74, 6) is -0.686. The van der Waals surface area contributed by atoms with Crippen molar-refractivity contribution in [2.24, 2.45) is 10.8 Å². The van der Waals surface area contributed by atoms with Gasteiger partial charge in [0.2, 0.25) is 0 Å². The molecular weight excluding hydrogens is 280 g/mol. The van der Waals surface area contributed by atoms with Crippen molar-refractivity contribution >= 4 is 11.9 Å². The number of rotatable bonds is 9. The van der Waals surface area contributed by atoms with E-state index in [1.807, 2.05) is 6.92 Å². The standard InChI is InChI=1S/C18H34O4/c1-9-16(4,5)13-18(8,17(6,7)10-2)22-15(20)11-12-21-14(3)19/h9-13H2,1-8H3. The molecule has 1 unspecified atom stereocenters. The monoisotopic (exact) mass is 314 g/mol. The van der Waals surface area contributed by atoms with Gasteiger partial charge in [-0.3, -0.25) is 9.59 Å². The molecule has 0 aliphatic heterocycles. The van der Waals surface area contributed by atoms with E-state index in [0.29, 0.717) is 0 Å². The number of carbonyl (C=O) groups is 2. The predicted octanol–water partition coefficient (Wildman–Crippen LogP) is 4.50. The van der Waals surface area contributed by atoms with Gasteiger partial charge in [0.1, 0.15) is 12.2 Å². The fraction of sp³-hybridized carbons (Fsp3) is 0.889. The van der Waals surface area contributed by atoms with Crippen LogP contribution in [0.15, 0.2) is 0 Å². The van der Waals surface area contributed by atoms with Crippen molar-refractivity contribution in [3.05, 3.63) is 0 Å². The van der Waals surface area contributed by atoms with Crippen molar-refractivity contribution < 1.29 is 19.1 Å². The number of hydrogen-bond acceptors (Lipinski definition) is 4. The Morgan fingerprint density at radius 2 is 1.50 bits per heavy atom. The van der Waals surface area contributed by atoms with Crippen LogP contribution in [0.4, 0.5) is 0 Å². The first-order chi connectivity index (χ1) is 9.89. The van der Waals surface area contributed by atoms with Crippen LogP contribution in [-0.2, 0) is 19.1 Å². The van der Waals surface area contributed by atoms with Gasteiger partial charge in [0.05, 0.1) is 6.42 Å². The van der Waals surface area contributed by atoms with E-state index < -0.39 is 5.60 Å². The van der Waals surface area contributed by atoms with Crippen LogP contribution in [-0.4, -0.2) is 24.1 Å². The van der Waals surface area contributed by atoms with E-state index in [1.54, 1.807) is 0 Å². The molecule has 130 valence electrons. The number of esters is 2. The van der Waals surface area contributed by atoms with Crippen molar-refractivity contribution in [3.63, 3.8) is 0 Å². The van der Waals surface area contributed by atoms with E-state index >= 15 is 0 Å². The fourth-order valence-electron chi connectivity index (χ4n) is 2.41. The van der Waals surface area contributed by atoms with E-state index in [4.69, 9.17) is 9.47 Å². The molecule has 0 aliphatic rings. The lowest BCUT2D eigenvalue weighted by atomic mass is 9.66. The summed E-state index contributed by atoms with van der Waals surface area (Å²) in [5.41, 5.74) is -0.581. The van der Waals surface area contributed by atoms with E-state index in [2.05, 4.69) is 41.5 Å². The highest BCUT2D eigenvalue weighted by atomic mass is 16.6. The molecule has 0 amide bonds. The summed E-state index contributed by atoms with van der Waals surface area (Å²) < 4.78 is 10.7. The van der Waals surface area contributed by atoms with E-state index in [-0.39, 0.29) is 35.8 Å². The van der Waals surface area contributed by atoms with Gasteiger partial charge in [0, 0.05) is 12.3 Å². The minimum atomic E-state index is -0.547. The van der Waals surface area contributed by atoms with Crippen LogP contribution in [0.2, 0.25) is 0 Å². The average Bonchev–Trinajstić information content (AvgIpc) is 2.37. The molecule has 0 aromatic carbocycles. The first kappa shape index (κ1) is 20.9. The highest BCUT2D eigenvalue weighted by Gasteiger charge is 2.46. The van der Waals surface area contributed by atoms with Crippen molar-refractivity contribution in [2.45, 2.75) is 86.7 Å². The second kappa shape index (κ2) is 7.98. The lowest BCUT2D eigenvalue weighted by molar-refractivity contribution is -0.179. The van der Waals surface area contributed by atoms with Gasteiger partial charge >= 0.3 is 11.9 Å². The molecule has 0 rings (SSSR count). The Kier molecular flexibility index (Phi) is 7.60. The Labute approximate surface area is 135 Å². The fourth-order valence-corrected chi connectivity index (χ4v) is 2.41. The quantitative estimate of drug-likeness (QED) is 0.588. The molecule has 0 saturated heterocycles. The van der Waals surface area contributed by atoms with Gasteiger partial charge in [-0.1, -0.05) is 48.0 Å². The van der Waals surface area contributed by atoms with Gasteiger partial charge < -0.3 is 9.47 Å². The molecule has 0 fully saturated rings. The SMILES string of the molecule is CCC(C)(C)CC(C)(OC(=O)CCOC(C)=O)C(C)(C)CC. The third-order valence-electron chi connectivity index (χ3n) is 5.04. The lowest BCUT2D eigenvalue weighted by Crippen LogP contribution is -2.48. The summed E-state index contributed by atoms with van der Waals surface area (Å²) in [6.45, 7) is 16.4. The van der Waals surface area contributed by atoms with Crippen molar-refractivity contribution in [2.75, 3.05) is 6.61 Å². The van der Waals surface area contributed by atoms with Gasteiger partial charge in [-0.2, -0.15) is 0 Å². The number of carbonyl (C=O) groups excluding carboxylic acids is 2. The summed E-state index contributed by atoms with van der Waals surface area (Å²) in [6, 6.07) is 0. The van der Waals surface area contributed by atoms with Crippen LogP contribution < -0.4 is 0 Å². The molecule has 22 heavy (non-hydrogen) atoms. The molecule has 4 nitrogen and oxygen atoms in total. The average molecular weight is 314 g/mol. The topological polar surface area (TPSA) is 52.6 Å². The third kappa shape index (κ3) is 6.37. The Balaban J connectivity index is 5.02. The second-order valence-electron chi connectivity index (χ2n) is 7.73. The molecular formula is C18H34O4. The molecule has 0 saturated carbocycles. The molecule has 0 aliphatic carbocycles. The third-order valence-corrected chi connectivity index (χ3v) is 5.04. The van der Waals surface area contributed by atoms with Gasteiger partial charge in [0.25, 0.3) is 0 Å². The van der Waals surface area contributed by atoms with Crippen LogP contribution in [0.25, 0.3) is 0 Å². The highest BCUT2D eigenvalue weighted by molar-refractivity contribution is 5.71. The van der Waals surface area contributed by atoms with Crippen LogP contribution in [0.5, 0.6) is 0 Å². The van der Waals surface area contributed by atoms with Gasteiger partial charge in [-0.25, -0.2) is 0 Å². The first-order valence-corrected chi connectivity index (χ1v) is 8.24. The van der Waals surface area contributed by atoms with Gasteiger partial charge in [-0.05, 0) is 25.2 Å². The zero-order chi connectivity index (χ0) is 17.6. The molecule has 4 heteroatoms. The Bertz CT molecular complexity index is 385. The highest BCUT2D eigenvalue weighted by Crippen LogP contribution is 2.45.